The molecule has 2 aromatic heterocycles. The van der Waals surface area contributed by atoms with Crippen LogP contribution in [-0.2, 0) is 23.9 Å². The predicted octanol–water partition coefficient (Wildman–Crippen LogP) is 4.12. The lowest BCUT2D eigenvalue weighted by Gasteiger charge is -2.21. The standard InChI is InChI=1S/C17H14N6O2S.C15H11N5OS.C5H11NO.C2H4BrNO/c1-9(24)22-11-4-2-10(3-5-11)15-12(6-18)16(21)23-17(13(15)7-19)26-8-14(20)25;1-8(21)19-10-4-2-9(3-5-10)13-11(6-16)14(18)20-15(22)12(13)7-17;1-6-2-4-7-5-3-6;3-1-2(4)5/h2-5H,8H2,1H3,(H2,20,25)(H2,21,23)(H,22,24);2-5H,1H3,(H,19,21)(H3,18,20,22);2-5H2,1H3;1H2,(H2,4,5). The van der Waals surface area contributed by atoms with Crippen molar-refractivity contribution in [1.29, 1.82) is 21.0 Å². The van der Waals surface area contributed by atoms with E-state index >= 15 is 0 Å². The topological polar surface area (TPSA) is 333 Å². The SMILES string of the molecule is CC(=O)Nc1ccc(-c2c(C#N)c(N)[nH]c(=S)c2C#N)cc1.CC(=O)Nc1ccc(-c2c(C#N)c(N)nc(SCC(N)=O)c2C#N)cc1.CN1CCOCC1.NC(=O)CBr. The number of benzene rings is 2. The lowest BCUT2D eigenvalue weighted by atomic mass is 9.96. The highest BCUT2D eigenvalue weighted by Gasteiger charge is 2.21. The van der Waals surface area contributed by atoms with Crippen molar-refractivity contribution in [2.45, 2.75) is 18.9 Å². The van der Waals surface area contributed by atoms with Crippen LogP contribution in [0.5, 0.6) is 0 Å². The summed E-state index contributed by atoms with van der Waals surface area (Å²) in [5.41, 5.74) is 25.0. The summed E-state index contributed by atoms with van der Waals surface area (Å²) in [6.07, 6.45) is 0. The number of H-pyrrole nitrogens is 1. The molecule has 18 nitrogen and oxygen atoms in total. The molecule has 0 unspecified atom stereocenters. The summed E-state index contributed by atoms with van der Waals surface area (Å²) in [5.74, 6) is -1.30. The number of pyridine rings is 2. The lowest BCUT2D eigenvalue weighted by molar-refractivity contribution is -0.116. The minimum atomic E-state index is -0.565. The van der Waals surface area contributed by atoms with E-state index in [2.05, 4.69) is 54.2 Å². The van der Waals surface area contributed by atoms with Gasteiger partial charge in [-0.2, -0.15) is 21.0 Å². The van der Waals surface area contributed by atoms with Crippen LogP contribution in [0, 0.1) is 50.0 Å². The minimum Gasteiger partial charge on any atom is -0.384 e. The summed E-state index contributed by atoms with van der Waals surface area (Å²) in [5, 5.41) is 43.4. The van der Waals surface area contributed by atoms with Crippen molar-refractivity contribution in [2.24, 2.45) is 11.5 Å². The van der Waals surface area contributed by atoms with Crippen molar-refractivity contribution in [3.05, 3.63) is 75.4 Å². The molecule has 0 spiro atoms. The number of ether oxygens (including phenoxy) is 1. The molecule has 3 heterocycles. The number of hydrogen-bond donors (Lipinski definition) is 7. The van der Waals surface area contributed by atoms with E-state index in [4.69, 9.17) is 34.2 Å². The number of nitrogens with two attached hydrogens (primary N) is 4. The molecule has 4 amide bonds. The number of nitrogens with zero attached hydrogens (tertiary/aromatic N) is 6. The fourth-order valence-electron chi connectivity index (χ4n) is 4.96. The van der Waals surface area contributed by atoms with Gasteiger partial charge in [-0.1, -0.05) is 64.2 Å². The van der Waals surface area contributed by atoms with Crippen LogP contribution in [0.3, 0.4) is 0 Å². The summed E-state index contributed by atoms with van der Waals surface area (Å²) in [4.78, 5) is 51.7. The number of carbonyl (C=O) groups is 4. The molecule has 0 atom stereocenters. The van der Waals surface area contributed by atoms with Crippen LogP contribution in [0.4, 0.5) is 23.0 Å². The number of nitriles is 4. The molecule has 60 heavy (non-hydrogen) atoms. The van der Waals surface area contributed by atoms with Crippen LogP contribution < -0.4 is 33.6 Å². The van der Waals surface area contributed by atoms with Gasteiger partial charge in [0.25, 0.3) is 0 Å². The van der Waals surface area contributed by atoms with Crippen LogP contribution >= 0.6 is 39.9 Å². The first-order chi connectivity index (χ1) is 28.5. The summed E-state index contributed by atoms with van der Waals surface area (Å²) >= 11 is 8.91. The normalized spacial score (nSPS) is 11.3. The van der Waals surface area contributed by atoms with E-state index in [-0.39, 0.29) is 72.4 Å². The molecule has 4 aromatic rings. The highest BCUT2D eigenvalue weighted by Crippen LogP contribution is 2.36. The van der Waals surface area contributed by atoms with Crippen molar-refractivity contribution >= 4 is 86.5 Å². The molecule has 0 bridgehead atoms. The molecule has 1 saturated heterocycles. The molecule has 0 aliphatic carbocycles. The average Bonchev–Trinajstić information content (AvgIpc) is 3.20. The quantitative estimate of drug-likeness (QED) is 0.0743. The molecule has 11 N–H and O–H groups in total. The van der Waals surface area contributed by atoms with Crippen molar-refractivity contribution in [2.75, 3.05) is 66.5 Å². The monoisotopic (exact) mass is 913 g/mol. The third-order valence-corrected chi connectivity index (χ3v) is 9.45. The fraction of sp³-hybridized carbons (Fsp3) is 0.231. The van der Waals surface area contributed by atoms with Gasteiger partial charge in [-0.05, 0) is 42.4 Å². The van der Waals surface area contributed by atoms with Crippen LogP contribution in [0.25, 0.3) is 22.3 Å². The van der Waals surface area contributed by atoms with Crippen LogP contribution in [-0.4, -0.2) is 82.9 Å². The number of nitrogen functional groups attached to an aromatic ring is 2. The van der Waals surface area contributed by atoms with Crippen molar-refractivity contribution < 1.29 is 23.9 Å². The third kappa shape index (κ3) is 15.1. The van der Waals surface area contributed by atoms with Crippen molar-refractivity contribution in [3.8, 4) is 46.5 Å². The Hall–Kier alpha value is -6.85. The number of alkyl halides is 1. The number of aromatic amines is 1. The molecular weight excluding hydrogens is 875 g/mol. The number of likely N-dealkylation sites (N-methyl/N-ethyl adjacent to an activating group) is 1. The Kier molecular flexibility index (Phi) is 20.4. The number of amides is 4. The number of hydrogen-bond acceptors (Lipinski definition) is 15. The number of primary amides is 2. The number of carbonyl (C=O) groups excluding carboxylic acids is 4. The molecule has 1 aliphatic rings. The Labute approximate surface area is 363 Å². The summed E-state index contributed by atoms with van der Waals surface area (Å²) in [7, 11) is 2.11. The van der Waals surface area contributed by atoms with Gasteiger partial charge in [-0.15, -0.1) is 0 Å². The van der Waals surface area contributed by atoms with Crippen LogP contribution in [0.1, 0.15) is 36.1 Å². The highest BCUT2D eigenvalue weighted by molar-refractivity contribution is 9.09. The van der Waals surface area contributed by atoms with E-state index in [1.54, 1.807) is 48.5 Å². The number of aromatic nitrogens is 2. The van der Waals surface area contributed by atoms with Crippen molar-refractivity contribution in [1.82, 2.24) is 14.9 Å². The van der Waals surface area contributed by atoms with Gasteiger partial charge in [0.05, 0.1) is 35.4 Å². The first-order valence-corrected chi connectivity index (χ1v) is 19.8. The van der Waals surface area contributed by atoms with Gasteiger partial charge < -0.3 is 48.2 Å². The van der Waals surface area contributed by atoms with Crippen molar-refractivity contribution in [3.63, 3.8) is 0 Å². The average molecular weight is 915 g/mol. The number of rotatable bonds is 8. The summed E-state index contributed by atoms with van der Waals surface area (Å²) in [6.45, 7) is 6.82. The number of anilines is 4. The van der Waals surface area contributed by atoms with Gasteiger partial charge in [0.15, 0.2) is 0 Å². The predicted molar refractivity (Wildman–Crippen MR) is 234 cm³/mol. The van der Waals surface area contributed by atoms with Crippen LogP contribution in [0.15, 0.2) is 53.6 Å². The summed E-state index contributed by atoms with van der Waals surface area (Å²) < 4.78 is 5.28. The second kappa shape index (κ2) is 24.8. The minimum absolute atomic E-state index is 0.0422. The number of nitrogens with one attached hydrogen (secondary N) is 3. The second-order valence-electron chi connectivity index (χ2n) is 12.2. The van der Waals surface area contributed by atoms with Gasteiger partial charge in [-0.25, -0.2) is 4.98 Å². The molecule has 1 fully saturated rings. The van der Waals surface area contributed by atoms with E-state index in [0.717, 1.165) is 38.1 Å². The Morgan fingerprint density at radius 3 is 1.58 bits per heavy atom. The number of halogens is 1. The molecule has 5 rings (SSSR count). The van der Waals surface area contributed by atoms with E-state index in [1.807, 2.05) is 24.3 Å². The zero-order valence-electron chi connectivity index (χ0n) is 32.6. The number of morpholine rings is 1. The molecule has 0 saturated carbocycles. The Morgan fingerprint density at radius 1 is 0.800 bits per heavy atom. The third-order valence-electron chi connectivity index (χ3n) is 7.59. The fourth-order valence-corrected chi connectivity index (χ4v) is 5.96. The first-order valence-electron chi connectivity index (χ1n) is 17.3. The van der Waals surface area contributed by atoms with Gasteiger partial charge in [0.1, 0.15) is 56.7 Å². The number of thioether (sulfide) groups is 1. The smallest absolute Gasteiger partial charge is 0.228 e. The second-order valence-corrected chi connectivity index (χ2v) is 14.1. The zero-order valence-corrected chi connectivity index (χ0v) is 35.8. The zero-order chi connectivity index (χ0) is 44.9. The maximum atomic E-state index is 11.1. The lowest BCUT2D eigenvalue weighted by Crippen LogP contribution is -2.32. The van der Waals surface area contributed by atoms with E-state index < -0.39 is 5.91 Å². The molecule has 0 radical (unpaired) electrons. The molecule has 310 valence electrons. The van der Waals surface area contributed by atoms with Crippen LogP contribution in [0.2, 0.25) is 0 Å². The first kappa shape index (κ1) is 49.3. The van der Waals surface area contributed by atoms with Gasteiger partial charge in [-0.3, -0.25) is 19.2 Å². The molecule has 2 aromatic carbocycles. The maximum Gasteiger partial charge on any atom is 0.228 e. The Balaban J connectivity index is 0.000000326. The summed E-state index contributed by atoms with van der Waals surface area (Å²) in [6, 6.07) is 21.3. The van der Waals surface area contributed by atoms with Gasteiger partial charge in [0.2, 0.25) is 23.6 Å². The van der Waals surface area contributed by atoms with E-state index in [9.17, 15) is 40.2 Å². The maximum absolute atomic E-state index is 11.1. The molecule has 21 heteroatoms. The molecule has 1 aliphatic heterocycles. The van der Waals surface area contributed by atoms with Gasteiger partial charge >= 0.3 is 0 Å². The van der Waals surface area contributed by atoms with Gasteiger partial charge in [0, 0.05) is 49.4 Å². The Bertz CT molecular complexity index is 2430. The Morgan fingerprint density at radius 2 is 1.23 bits per heavy atom. The highest BCUT2D eigenvalue weighted by atomic mass is 79.9. The largest absolute Gasteiger partial charge is 0.384 e. The molecular formula is C39H40BrN13O5S2. The van der Waals surface area contributed by atoms with E-state index in [1.165, 1.54) is 13.8 Å². The van der Waals surface area contributed by atoms with E-state index in [0.29, 0.717) is 33.6 Å².